The van der Waals surface area contributed by atoms with E-state index >= 15 is 0 Å². The van der Waals surface area contributed by atoms with Crippen LogP contribution >= 0.6 is 15.9 Å². The minimum Gasteiger partial charge on any atom is -0.368 e. The van der Waals surface area contributed by atoms with Gasteiger partial charge in [-0.25, -0.2) is 4.39 Å². The van der Waals surface area contributed by atoms with Crippen LogP contribution in [-0.4, -0.2) is 18.4 Å². The van der Waals surface area contributed by atoms with Crippen molar-refractivity contribution < 1.29 is 14.0 Å². The standard InChI is InChI=1S/C9H8BrFN2O2/c10-5-1-2-7(11)6(3-5)9(15)13-4-8(12)14/h1-3H,4H2,(H2,12,14)(H,13,15). The van der Waals surface area contributed by atoms with Crippen LogP contribution in [0.1, 0.15) is 10.4 Å². The van der Waals surface area contributed by atoms with E-state index in [1.165, 1.54) is 12.1 Å². The number of carbonyl (C=O) groups excluding carboxylic acids is 2. The highest BCUT2D eigenvalue weighted by Gasteiger charge is 2.12. The molecule has 3 N–H and O–H groups in total. The predicted octanol–water partition coefficient (Wildman–Crippen LogP) is 0.803. The molecule has 0 aliphatic rings. The quantitative estimate of drug-likeness (QED) is 0.856. The lowest BCUT2D eigenvalue weighted by Gasteiger charge is -2.04. The number of hydrogen-bond acceptors (Lipinski definition) is 2. The van der Waals surface area contributed by atoms with E-state index in [0.29, 0.717) is 4.47 Å². The van der Waals surface area contributed by atoms with Gasteiger partial charge >= 0.3 is 0 Å². The molecule has 1 aromatic rings. The van der Waals surface area contributed by atoms with E-state index in [1.54, 1.807) is 0 Å². The molecule has 80 valence electrons. The van der Waals surface area contributed by atoms with Gasteiger partial charge < -0.3 is 11.1 Å². The number of benzene rings is 1. The molecular weight excluding hydrogens is 267 g/mol. The lowest BCUT2D eigenvalue weighted by atomic mass is 10.2. The Bertz CT molecular complexity index is 409. The number of carbonyl (C=O) groups is 2. The summed E-state index contributed by atoms with van der Waals surface area (Å²) in [6.07, 6.45) is 0. The molecular formula is C9H8BrFN2O2. The van der Waals surface area contributed by atoms with E-state index in [4.69, 9.17) is 5.73 Å². The molecule has 0 unspecified atom stereocenters. The molecule has 4 nitrogen and oxygen atoms in total. The maximum Gasteiger partial charge on any atom is 0.254 e. The summed E-state index contributed by atoms with van der Waals surface area (Å²) >= 11 is 3.11. The van der Waals surface area contributed by atoms with Crippen LogP contribution in [0.3, 0.4) is 0 Å². The Hall–Kier alpha value is -1.43. The molecule has 0 saturated carbocycles. The third-order valence-electron chi connectivity index (χ3n) is 1.60. The van der Waals surface area contributed by atoms with Gasteiger partial charge in [-0.1, -0.05) is 15.9 Å². The molecule has 0 bridgehead atoms. The van der Waals surface area contributed by atoms with Crippen LogP contribution in [0.15, 0.2) is 22.7 Å². The molecule has 15 heavy (non-hydrogen) atoms. The van der Waals surface area contributed by atoms with Gasteiger partial charge in [-0.3, -0.25) is 9.59 Å². The van der Waals surface area contributed by atoms with Gasteiger partial charge in [0.2, 0.25) is 5.91 Å². The van der Waals surface area contributed by atoms with Gasteiger partial charge in [-0.2, -0.15) is 0 Å². The summed E-state index contributed by atoms with van der Waals surface area (Å²) in [6, 6.07) is 3.95. The van der Waals surface area contributed by atoms with E-state index in [9.17, 15) is 14.0 Å². The number of rotatable bonds is 3. The number of nitrogens with two attached hydrogens (primary N) is 1. The van der Waals surface area contributed by atoms with Crippen molar-refractivity contribution in [1.29, 1.82) is 0 Å². The first kappa shape index (κ1) is 11.6. The normalized spacial score (nSPS) is 9.73. The van der Waals surface area contributed by atoms with Crippen LogP contribution in [0.25, 0.3) is 0 Å². The summed E-state index contributed by atoms with van der Waals surface area (Å²) in [6.45, 7) is -0.315. The summed E-state index contributed by atoms with van der Waals surface area (Å²) in [5, 5.41) is 2.19. The SMILES string of the molecule is NC(=O)CNC(=O)c1cc(Br)ccc1F. The molecule has 0 atom stereocenters. The van der Waals surface area contributed by atoms with Crippen molar-refractivity contribution in [2.75, 3.05) is 6.54 Å². The minimum absolute atomic E-state index is 0.134. The van der Waals surface area contributed by atoms with E-state index in [-0.39, 0.29) is 12.1 Å². The van der Waals surface area contributed by atoms with E-state index < -0.39 is 17.6 Å². The third kappa shape index (κ3) is 3.32. The summed E-state index contributed by atoms with van der Waals surface area (Å²) in [4.78, 5) is 21.7. The van der Waals surface area contributed by atoms with Crippen LogP contribution in [0.5, 0.6) is 0 Å². The highest BCUT2D eigenvalue weighted by Crippen LogP contribution is 2.15. The minimum atomic E-state index is -0.682. The van der Waals surface area contributed by atoms with Crippen LogP contribution in [-0.2, 0) is 4.79 Å². The second-order valence-electron chi connectivity index (χ2n) is 2.77. The molecule has 1 aromatic carbocycles. The number of primary amides is 1. The van der Waals surface area contributed by atoms with Gasteiger partial charge in [-0.15, -0.1) is 0 Å². The molecule has 0 spiro atoms. The fraction of sp³-hybridized carbons (Fsp3) is 0.111. The fourth-order valence-corrected chi connectivity index (χ4v) is 1.30. The molecule has 0 aromatic heterocycles. The van der Waals surface area contributed by atoms with Gasteiger partial charge in [0.25, 0.3) is 5.91 Å². The Labute approximate surface area is 93.8 Å². The summed E-state index contributed by atoms with van der Waals surface area (Å²) in [5.41, 5.74) is 4.70. The zero-order valence-corrected chi connectivity index (χ0v) is 9.17. The van der Waals surface area contributed by atoms with E-state index in [1.807, 2.05) is 0 Å². The number of nitrogens with one attached hydrogen (secondary N) is 1. The van der Waals surface area contributed by atoms with Crippen molar-refractivity contribution in [2.24, 2.45) is 5.73 Å². The molecule has 0 aliphatic carbocycles. The van der Waals surface area contributed by atoms with E-state index in [2.05, 4.69) is 21.2 Å². The Morgan fingerprint density at radius 3 is 2.73 bits per heavy atom. The lowest BCUT2D eigenvalue weighted by molar-refractivity contribution is -0.117. The molecule has 0 heterocycles. The highest BCUT2D eigenvalue weighted by molar-refractivity contribution is 9.10. The smallest absolute Gasteiger partial charge is 0.254 e. The topological polar surface area (TPSA) is 72.2 Å². The molecule has 2 amide bonds. The van der Waals surface area contributed by atoms with Crippen molar-refractivity contribution in [2.45, 2.75) is 0 Å². The Morgan fingerprint density at radius 2 is 2.13 bits per heavy atom. The number of amides is 2. The van der Waals surface area contributed by atoms with Crippen molar-refractivity contribution >= 4 is 27.7 Å². The molecule has 0 fully saturated rings. The first-order valence-corrected chi connectivity index (χ1v) is 4.81. The lowest BCUT2D eigenvalue weighted by Crippen LogP contribution is -2.33. The van der Waals surface area contributed by atoms with Crippen molar-refractivity contribution in [1.82, 2.24) is 5.32 Å². The average molecular weight is 275 g/mol. The maximum absolute atomic E-state index is 13.1. The second-order valence-corrected chi connectivity index (χ2v) is 3.69. The molecule has 0 saturated heterocycles. The Balaban J connectivity index is 2.81. The summed E-state index contributed by atoms with van der Waals surface area (Å²) < 4.78 is 13.7. The van der Waals surface area contributed by atoms with Crippen LogP contribution < -0.4 is 11.1 Å². The first-order valence-electron chi connectivity index (χ1n) is 4.02. The number of halogens is 2. The van der Waals surface area contributed by atoms with Crippen LogP contribution in [0.2, 0.25) is 0 Å². The highest BCUT2D eigenvalue weighted by atomic mass is 79.9. The van der Waals surface area contributed by atoms with Crippen molar-refractivity contribution in [3.05, 3.63) is 34.1 Å². The molecule has 6 heteroatoms. The average Bonchev–Trinajstić information content (AvgIpc) is 2.18. The van der Waals surface area contributed by atoms with Gasteiger partial charge in [0.1, 0.15) is 5.82 Å². The Morgan fingerprint density at radius 1 is 1.47 bits per heavy atom. The summed E-state index contributed by atoms with van der Waals surface area (Å²) in [5.74, 6) is -2.01. The Kier molecular flexibility index (Phi) is 3.79. The maximum atomic E-state index is 13.1. The van der Waals surface area contributed by atoms with Gasteiger partial charge in [-0.05, 0) is 18.2 Å². The molecule has 0 aliphatic heterocycles. The first-order chi connectivity index (χ1) is 7.00. The monoisotopic (exact) mass is 274 g/mol. The van der Waals surface area contributed by atoms with Crippen molar-refractivity contribution in [3.63, 3.8) is 0 Å². The third-order valence-corrected chi connectivity index (χ3v) is 2.09. The fourth-order valence-electron chi connectivity index (χ4n) is 0.934. The molecule has 1 rings (SSSR count). The zero-order chi connectivity index (χ0) is 11.4. The van der Waals surface area contributed by atoms with E-state index in [0.717, 1.165) is 6.07 Å². The number of hydrogen-bond donors (Lipinski definition) is 2. The van der Waals surface area contributed by atoms with Crippen LogP contribution in [0, 0.1) is 5.82 Å². The molecule has 0 radical (unpaired) electrons. The predicted molar refractivity (Wildman–Crippen MR) is 55.6 cm³/mol. The summed E-state index contributed by atoms with van der Waals surface area (Å²) in [7, 11) is 0. The van der Waals surface area contributed by atoms with Crippen LogP contribution in [0.4, 0.5) is 4.39 Å². The second kappa shape index (κ2) is 4.88. The largest absolute Gasteiger partial charge is 0.368 e. The van der Waals surface area contributed by atoms with Gasteiger partial charge in [0.15, 0.2) is 0 Å². The van der Waals surface area contributed by atoms with Gasteiger partial charge in [0, 0.05) is 4.47 Å². The van der Waals surface area contributed by atoms with Gasteiger partial charge in [0.05, 0.1) is 12.1 Å². The van der Waals surface area contributed by atoms with Crippen molar-refractivity contribution in [3.8, 4) is 0 Å². The zero-order valence-electron chi connectivity index (χ0n) is 7.59.